The third kappa shape index (κ3) is 2.83. The molecule has 94 valence electrons. The van der Waals surface area contributed by atoms with Gasteiger partial charge in [0.05, 0.1) is 0 Å². The second-order valence-corrected chi connectivity index (χ2v) is 4.43. The maximum absolute atomic E-state index is 13.1. The van der Waals surface area contributed by atoms with E-state index >= 15 is 0 Å². The molecule has 0 aliphatic rings. The van der Waals surface area contributed by atoms with Gasteiger partial charge in [-0.15, -0.1) is 0 Å². The largest absolute Gasteiger partial charge is 0.439 e. The Kier molecular flexibility index (Phi) is 3.55. The lowest BCUT2D eigenvalue weighted by molar-refractivity contribution is 0.448. The molecule has 2 rings (SSSR count). The first-order valence-corrected chi connectivity index (χ1v) is 5.83. The predicted molar refractivity (Wildman–Crippen MR) is 67.3 cm³/mol. The second kappa shape index (κ2) is 5.12. The maximum Gasteiger partial charge on any atom is 0.225 e. The quantitative estimate of drug-likeness (QED) is 0.825. The molecule has 3 nitrogen and oxygen atoms in total. The van der Waals surface area contributed by atoms with Crippen molar-refractivity contribution in [3.8, 4) is 11.6 Å². The molecular formula is C14H15FN2O. The Morgan fingerprint density at radius 2 is 2.06 bits per heavy atom. The van der Waals surface area contributed by atoms with Crippen molar-refractivity contribution in [3.05, 3.63) is 47.7 Å². The van der Waals surface area contributed by atoms with Crippen LogP contribution in [0.5, 0.6) is 11.6 Å². The first-order valence-electron chi connectivity index (χ1n) is 5.83. The minimum Gasteiger partial charge on any atom is -0.439 e. The van der Waals surface area contributed by atoms with E-state index in [1.54, 1.807) is 18.3 Å². The normalized spacial score (nSPS) is 10.7. The van der Waals surface area contributed by atoms with Gasteiger partial charge in [-0.05, 0) is 19.1 Å². The lowest BCUT2D eigenvalue weighted by Crippen LogP contribution is -2.01. The van der Waals surface area contributed by atoms with Crippen LogP contribution >= 0.6 is 0 Å². The van der Waals surface area contributed by atoms with Crippen LogP contribution in [0.4, 0.5) is 4.39 Å². The molecule has 0 spiro atoms. The molecular weight excluding hydrogens is 231 g/mol. The monoisotopic (exact) mass is 246 g/mol. The molecule has 1 heterocycles. The number of ether oxygens (including phenoxy) is 1. The summed E-state index contributed by atoms with van der Waals surface area (Å²) >= 11 is 0. The van der Waals surface area contributed by atoms with Gasteiger partial charge >= 0.3 is 0 Å². The average molecular weight is 246 g/mol. The summed E-state index contributed by atoms with van der Waals surface area (Å²) in [5.41, 5.74) is 0.823. The zero-order valence-electron chi connectivity index (χ0n) is 10.6. The molecule has 1 aromatic carbocycles. The zero-order chi connectivity index (χ0) is 13.1. The highest BCUT2D eigenvalue weighted by Gasteiger charge is 2.09. The van der Waals surface area contributed by atoms with Crippen LogP contribution in [-0.2, 0) is 0 Å². The summed E-state index contributed by atoms with van der Waals surface area (Å²) in [7, 11) is 0. The molecule has 0 radical (unpaired) electrons. The molecule has 18 heavy (non-hydrogen) atoms. The molecule has 0 bridgehead atoms. The molecule has 0 atom stereocenters. The molecule has 2 aromatic rings. The van der Waals surface area contributed by atoms with Crippen LogP contribution in [-0.4, -0.2) is 9.97 Å². The fourth-order valence-electron chi connectivity index (χ4n) is 1.46. The van der Waals surface area contributed by atoms with E-state index < -0.39 is 0 Å². The van der Waals surface area contributed by atoms with E-state index in [1.807, 2.05) is 20.8 Å². The highest BCUT2D eigenvalue weighted by molar-refractivity contribution is 5.31. The van der Waals surface area contributed by atoms with Gasteiger partial charge in [-0.3, -0.25) is 0 Å². The summed E-state index contributed by atoms with van der Waals surface area (Å²) in [5.74, 6) is 1.52. The first kappa shape index (κ1) is 12.5. The Morgan fingerprint density at radius 1 is 1.28 bits per heavy atom. The van der Waals surface area contributed by atoms with E-state index in [2.05, 4.69) is 9.97 Å². The van der Waals surface area contributed by atoms with Crippen molar-refractivity contribution in [1.82, 2.24) is 9.97 Å². The van der Waals surface area contributed by atoms with Gasteiger partial charge in [0.2, 0.25) is 5.88 Å². The molecule has 0 saturated heterocycles. The number of hydrogen-bond acceptors (Lipinski definition) is 3. The van der Waals surface area contributed by atoms with Gasteiger partial charge in [0, 0.05) is 23.7 Å². The minimum atomic E-state index is -0.330. The Morgan fingerprint density at radius 3 is 2.72 bits per heavy atom. The summed E-state index contributed by atoms with van der Waals surface area (Å²) in [6.45, 7) is 5.88. The number of nitrogens with zero attached hydrogens (tertiary/aromatic N) is 2. The van der Waals surface area contributed by atoms with Crippen LogP contribution in [0.2, 0.25) is 0 Å². The van der Waals surface area contributed by atoms with Crippen LogP contribution in [0.1, 0.15) is 31.2 Å². The third-order valence-corrected chi connectivity index (χ3v) is 2.47. The van der Waals surface area contributed by atoms with Gasteiger partial charge in [-0.1, -0.05) is 19.9 Å². The fourth-order valence-corrected chi connectivity index (χ4v) is 1.46. The summed E-state index contributed by atoms with van der Waals surface area (Å²) in [6.07, 6.45) is 1.72. The van der Waals surface area contributed by atoms with Crippen molar-refractivity contribution >= 4 is 0 Å². The maximum atomic E-state index is 13.1. The lowest BCUT2D eigenvalue weighted by atomic mass is 10.2. The fraction of sp³-hybridized carbons (Fsp3) is 0.286. The second-order valence-electron chi connectivity index (χ2n) is 4.43. The Bertz CT molecular complexity index is 555. The van der Waals surface area contributed by atoms with E-state index in [9.17, 15) is 4.39 Å². The molecule has 4 heteroatoms. The van der Waals surface area contributed by atoms with Crippen LogP contribution in [0.15, 0.2) is 30.5 Å². The van der Waals surface area contributed by atoms with E-state index in [0.717, 1.165) is 5.56 Å². The standard InChI is InChI=1S/C14H15FN2O/c1-9(2)13-16-8-10(3)14(17-13)18-12-6-4-5-11(15)7-12/h4-9H,1-3H3. The van der Waals surface area contributed by atoms with Gasteiger partial charge in [-0.2, -0.15) is 4.98 Å². The topological polar surface area (TPSA) is 35.0 Å². The summed E-state index contributed by atoms with van der Waals surface area (Å²) in [4.78, 5) is 8.57. The summed E-state index contributed by atoms with van der Waals surface area (Å²) in [5, 5.41) is 0. The number of hydrogen-bond donors (Lipinski definition) is 0. The van der Waals surface area contributed by atoms with Crippen molar-refractivity contribution in [2.75, 3.05) is 0 Å². The molecule has 0 unspecified atom stereocenters. The predicted octanol–water partition coefficient (Wildman–Crippen LogP) is 3.84. The molecule has 0 amide bonds. The average Bonchev–Trinajstić information content (AvgIpc) is 2.31. The van der Waals surface area contributed by atoms with E-state index in [-0.39, 0.29) is 11.7 Å². The number of aryl methyl sites for hydroxylation is 1. The van der Waals surface area contributed by atoms with Crippen molar-refractivity contribution in [2.45, 2.75) is 26.7 Å². The number of rotatable bonds is 3. The molecule has 0 saturated carbocycles. The van der Waals surface area contributed by atoms with Crippen molar-refractivity contribution in [2.24, 2.45) is 0 Å². The molecule has 0 N–H and O–H groups in total. The number of benzene rings is 1. The molecule has 0 fully saturated rings. The van der Waals surface area contributed by atoms with Gasteiger partial charge in [0.25, 0.3) is 0 Å². The van der Waals surface area contributed by atoms with E-state index in [4.69, 9.17) is 4.74 Å². The van der Waals surface area contributed by atoms with Gasteiger partial charge in [0.1, 0.15) is 17.4 Å². The first-order chi connectivity index (χ1) is 8.56. The van der Waals surface area contributed by atoms with Crippen LogP contribution in [0, 0.1) is 12.7 Å². The molecule has 0 aliphatic carbocycles. The minimum absolute atomic E-state index is 0.223. The third-order valence-electron chi connectivity index (χ3n) is 2.47. The van der Waals surface area contributed by atoms with Gasteiger partial charge < -0.3 is 4.74 Å². The summed E-state index contributed by atoms with van der Waals surface area (Å²) < 4.78 is 18.7. The molecule has 1 aromatic heterocycles. The lowest BCUT2D eigenvalue weighted by Gasteiger charge is -2.10. The highest BCUT2D eigenvalue weighted by atomic mass is 19.1. The van der Waals surface area contributed by atoms with E-state index in [0.29, 0.717) is 17.5 Å². The van der Waals surface area contributed by atoms with Gasteiger partial charge in [0.15, 0.2) is 0 Å². The van der Waals surface area contributed by atoms with Crippen molar-refractivity contribution < 1.29 is 9.13 Å². The van der Waals surface area contributed by atoms with Crippen molar-refractivity contribution in [3.63, 3.8) is 0 Å². The highest BCUT2D eigenvalue weighted by Crippen LogP contribution is 2.24. The Hall–Kier alpha value is -1.97. The summed E-state index contributed by atoms with van der Waals surface area (Å²) in [6, 6.07) is 6.00. The van der Waals surface area contributed by atoms with Crippen molar-refractivity contribution in [1.29, 1.82) is 0 Å². The Balaban J connectivity index is 2.30. The molecule has 0 aliphatic heterocycles. The van der Waals surface area contributed by atoms with E-state index in [1.165, 1.54) is 12.1 Å². The SMILES string of the molecule is Cc1cnc(C(C)C)nc1Oc1cccc(F)c1. The number of aromatic nitrogens is 2. The van der Waals surface area contributed by atoms with Crippen LogP contribution in [0.3, 0.4) is 0 Å². The smallest absolute Gasteiger partial charge is 0.225 e. The van der Waals surface area contributed by atoms with Crippen LogP contribution in [0.25, 0.3) is 0 Å². The zero-order valence-corrected chi connectivity index (χ0v) is 10.6. The van der Waals surface area contributed by atoms with Gasteiger partial charge in [-0.25, -0.2) is 9.37 Å². The Labute approximate surface area is 106 Å². The number of halogens is 1. The van der Waals surface area contributed by atoms with Crippen LogP contribution < -0.4 is 4.74 Å².